The highest BCUT2D eigenvalue weighted by molar-refractivity contribution is 5.75. The van der Waals surface area contributed by atoms with Gasteiger partial charge < -0.3 is 29.9 Å². The monoisotopic (exact) mass is 643 g/mol. The number of carboxylic acid groups (broad SMARTS) is 1. The quantitative estimate of drug-likeness (QED) is 0.161. The fourth-order valence-electron chi connectivity index (χ4n) is 7.71. The molecule has 0 unspecified atom stereocenters. The van der Waals surface area contributed by atoms with Gasteiger partial charge in [0.2, 0.25) is 0 Å². The molecule has 2 fully saturated rings. The molecule has 4 N–H and O–H groups in total. The molecule has 6 heterocycles. The van der Waals surface area contributed by atoms with Crippen molar-refractivity contribution in [1.82, 2.24) is 54.4 Å². The summed E-state index contributed by atoms with van der Waals surface area (Å²) in [5.41, 5.74) is 5.38. The number of nitrogens with zero attached hydrogens (tertiary/aromatic N) is 8. The van der Waals surface area contributed by atoms with Crippen LogP contribution in [0.25, 0.3) is 33.6 Å². The van der Waals surface area contributed by atoms with E-state index in [2.05, 4.69) is 85.2 Å². The van der Waals surface area contributed by atoms with Crippen molar-refractivity contribution in [3.63, 3.8) is 0 Å². The summed E-state index contributed by atoms with van der Waals surface area (Å²) in [7, 11) is 1.52. The molecule has 15 nitrogen and oxygen atoms in total. The molecule has 15 heteroatoms. The first kappa shape index (κ1) is 31.0. The third-order valence-electron chi connectivity index (χ3n) is 9.92. The summed E-state index contributed by atoms with van der Waals surface area (Å²) in [5.74, 6) is 3.71. The zero-order valence-corrected chi connectivity index (χ0v) is 26.8. The van der Waals surface area contributed by atoms with E-state index < -0.39 is 6.09 Å². The lowest BCUT2D eigenvalue weighted by Gasteiger charge is -2.18. The predicted molar refractivity (Wildman–Crippen MR) is 173 cm³/mol. The van der Waals surface area contributed by atoms with Crippen LogP contribution in [0.4, 0.5) is 4.79 Å². The average molecular weight is 644 g/mol. The fraction of sp³-hybridized carbons (Fsp3) is 0.531. The minimum Gasteiger partial charge on any atom is -0.465 e. The van der Waals surface area contributed by atoms with E-state index in [0.29, 0.717) is 36.8 Å². The van der Waals surface area contributed by atoms with Gasteiger partial charge in [0.15, 0.2) is 22.6 Å². The van der Waals surface area contributed by atoms with Gasteiger partial charge in [0.05, 0.1) is 42.2 Å². The lowest BCUT2D eigenvalue weighted by Crippen LogP contribution is -2.24. The summed E-state index contributed by atoms with van der Waals surface area (Å²) < 4.78 is 15.8. The molecule has 2 aliphatic carbocycles. The van der Waals surface area contributed by atoms with Crippen LogP contribution in [0.1, 0.15) is 75.9 Å². The minimum absolute atomic E-state index is 0.216. The third-order valence-corrected chi connectivity index (χ3v) is 9.92. The SMILES string of the molecule is CC[C@@H]1C[C@H](O[C@H]2C[C@@H](CC)[C@@H](c3nnc4cnc5[nH]ccc5n34)C2)C[C@@H]1c1nnc2cnc3[nH]ccc3n12.COCCNC(=O)O. The highest BCUT2D eigenvalue weighted by Crippen LogP contribution is 2.47. The number of carbonyl (C=O) groups is 1. The second-order valence-corrected chi connectivity index (χ2v) is 12.5. The van der Waals surface area contributed by atoms with Crippen LogP contribution < -0.4 is 5.32 Å². The smallest absolute Gasteiger partial charge is 0.404 e. The molecule has 0 radical (unpaired) electrons. The lowest BCUT2D eigenvalue weighted by atomic mass is 9.93. The van der Waals surface area contributed by atoms with Crippen LogP contribution in [0.2, 0.25) is 0 Å². The normalized spacial score (nSPS) is 24.4. The minimum atomic E-state index is -1.01. The van der Waals surface area contributed by atoms with Crippen molar-refractivity contribution in [3.05, 3.63) is 48.6 Å². The Kier molecular flexibility index (Phi) is 8.73. The summed E-state index contributed by atoms with van der Waals surface area (Å²) in [4.78, 5) is 25.1. The van der Waals surface area contributed by atoms with E-state index in [1.807, 2.05) is 12.4 Å². The molecule has 6 aromatic rings. The molecule has 47 heavy (non-hydrogen) atoms. The van der Waals surface area contributed by atoms with Gasteiger partial charge in [-0.15, -0.1) is 20.4 Å². The summed E-state index contributed by atoms with van der Waals surface area (Å²) in [6, 6.07) is 4.11. The van der Waals surface area contributed by atoms with Gasteiger partial charge in [-0.05, 0) is 49.7 Å². The number of hydrogen-bond acceptors (Lipinski definition) is 9. The van der Waals surface area contributed by atoms with Gasteiger partial charge in [0, 0.05) is 37.9 Å². The number of methoxy groups -OCH3 is 1. The highest BCUT2D eigenvalue weighted by atomic mass is 16.5. The maximum absolute atomic E-state index is 9.71. The molecular weight excluding hydrogens is 602 g/mol. The van der Waals surface area contributed by atoms with Crippen LogP contribution in [-0.4, -0.2) is 92.8 Å². The first-order chi connectivity index (χ1) is 23.0. The lowest BCUT2D eigenvalue weighted by molar-refractivity contribution is -0.00877. The topological polar surface area (TPSA) is 186 Å². The average Bonchev–Trinajstić information content (AvgIpc) is 3.91. The van der Waals surface area contributed by atoms with Crippen molar-refractivity contribution >= 4 is 39.7 Å². The third kappa shape index (κ3) is 5.89. The zero-order valence-electron chi connectivity index (χ0n) is 26.8. The second kappa shape index (κ2) is 13.2. The van der Waals surface area contributed by atoms with Gasteiger partial charge in [-0.1, -0.05) is 26.7 Å². The molecule has 0 aliphatic heterocycles. The van der Waals surface area contributed by atoms with Crippen molar-refractivity contribution in [2.45, 2.75) is 76.4 Å². The van der Waals surface area contributed by atoms with E-state index in [9.17, 15) is 4.79 Å². The molecule has 6 aromatic heterocycles. The summed E-state index contributed by atoms with van der Waals surface area (Å²) >= 11 is 0. The van der Waals surface area contributed by atoms with Crippen molar-refractivity contribution in [1.29, 1.82) is 0 Å². The van der Waals surface area contributed by atoms with Crippen LogP contribution in [-0.2, 0) is 9.47 Å². The molecule has 6 atom stereocenters. The zero-order chi connectivity index (χ0) is 32.5. The Morgan fingerprint density at radius 3 is 1.81 bits per heavy atom. The maximum Gasteiger partial charge on any atom is 0.404 e. The van der Waals surface area contributed by atoms with Gasteiger partial charge in [-0.25, -0.2) is 14.8 Å². The van der Waals surface area contributed by atoms with Crippen LogP contribution >= 0.6 is 0 Å². The number of aromatic amines is 2. The number of nitrogens with one attached hydrogen (secondary N) is 3. The largest absolute Gasteiger partial charge is 0.465 e. The van der Waals surface area contributed by atoms with E-state index in [1.54, 1.807) is 12.4 Å². The van der Waals surface area contributed by atoms with Crippen molar-refractivity contribution in [3.8, 4) is 0 Å². The molecule has 2 saturated carbocycles. The Morgan fingerprint density at radius 2 is 1.36 bits per heavy atom. The molecule has 0 aromatic carbocycles. The number of rotatable bonds is 9. The summed E-state index contributed by atoms with van der Waals surface area (Å²) in [5, 5.41) is 28.4. The Hall–Kier alpha value is -4.63. The second-order valence-electron chi connectivity index (χ2n) is 12.5. The Bertz CT molecular complexity index is 1850. The number of aromatic nitrogens is 10. The van der Waals surface area contributed by atoms with Gasteiger partial charge in [-0.3, -0.25) is 8.80 Å². The molecule has 0 bridgehead atoms. The van der Waals surface area contributed by atoms with E-state index in [1.165, 1.54) is 7.11 Å². The Morgan fingerprint density at radius 1 is 0.851 bits per heavy atom. The fourth-order valence-corrected chi connectivity index (χ4v) is 7.71. The molecular formula is C32H41N11O4. The maximum atomic E-state index is 9.71. The first-order valence-corrected chi connectivity index (χ1v) is 16.4. The van der Waals surface area contributed by atoms with Crippen LogP contribution in [0.3, 0.4) is 0 Å². The Labute approximate surface area is 270 Å². The number of amides is 1. The number of ether oxygens (including phenoxy) is 2. The van der Waals surface area contributed by atoms with Gasteiger partial charge >= 0.3 is 6.09 Å². The number of fused-ring (bicyclic) bond motifs is 6. The molecule has 1 amide bonds. The van der Waals surface area contributed by atoms with E-state index in [0.717, 1.165) is 83.8 Å². The first-order valence-electron chi connectivity index (χ1n) is 16.4. The predicted octanol–water partition coefficient (Wildman–Crippen LogP) is 4.69. The van der Waals surface area contributed by atoms with Crippen LogP contribution in [0, 0.1) is 11.8 Å². The molecule has 248 valence electrons. The Balaban J connectivity index is 0.000000393. The van der Waals surface area contributed by atoms with Crippen molar-refractivity contribution in [2.24, 2.45) is 11.8 Å². The molecule has 2 aliphatic rings. The van der Waals surface area contributed by atoms with Crippen LogP contribution in [0.5, 0.6) is 0 Å². The van der Waals surface area contributed by atoms with Gasteiger partial charge in [-0.2, -0.15) is 0 Å². The number of H-pyrrole nitrogens is 2. The van der Waals surface area contributed by atoms with E-state index in [-0.39, 0.29) is 12.2 Å². The summed E-state index contributed by atoms with van der Waals surface area (Å²) in [6.07, 6.45) is 13.1. The van der Waals surface area contributed by atoms with E-state index in [4.69, 9.17) is 9.84 Å². The molecule has 8 rings (SSSR count). The van der Waals surface area contributed by atoms with Crippen molar-refractivity contribution < 1.29 is 19.4 Å². The van der Waals surface area contributed by atoms with Crippen LogP contribution in [0.15, 0.2) is 36.9 Å². The van der Waals surface area contributed by atoms with E-state index >= 15 is 0 Å². The highest BCUT2D eigenvalue weighted by Gasteiger charge is 2.42. The molecule has 0 spiro atoms. The summed E-state index contributed by atoms with van der Waals surface area (Å²) in [6.45, 7) is 5.34. The molecule has 0 saturated heterocycles. The standard InChI is InChI=1S/C28H32N10O.C4H9NO3/c1-3-15-9-17(11-19(15)27-35-33-23-13-31-25-21(37(23)27)5-7-29-25)39-18-10-16(4-2)20(12-18)28-36-34-24-14-32-26-22(38(24)28)6-8-30-26;1-8-3-2-5-4(6)7/h5-8,13-20,29-30H,3-4,9-12H2,1-2H3;5H,2-3H2,1H3,(H,6,7)/t15-,16-,17+,18+,19+,20+;/m1./s1. The van der Waals surface area contributed by atoms with Gasteiger partial charge in [0.25, 0.3) is 0 Å². The van der Waals surface area contributed by atoms with Gasteiger partial charge in [0.1, 0.15) is 11.6 Å². The number of hydrogen-bond donors (Lipinski definition) is 4. The van der Waals surface area contributed by atoms with Crippen molar-refractivity contribution in [2.75, 3.05) is 20.3 Å².